The first-order valence-electron chi connectivity index (χ1n) is 11.0. The molecular formula is C21H43NaO4S. The molecule has 0 fully saturated rings. The maximum absolute atomic E-state index is 11.5. The molecule has 0 amide bonds. The molecule has 0 aliphatic carbocycles. The molecule has 158 valence electrons. The molecule has 0 aliphatic heterocycles. The van der Waals surface area contributed by atoms with Crippen molar-refractivity contribution < 1.29 is 47.6 Å². The van der Waals surface area contributed by atoms with E-state index in [1.807, 2.05) is 0 Å². The Labute approximate surface area is 191 Å². The third-order valence-electron chi connectivity index (χ3n) is 5.24. The zero-order chi connectivity index (χ0) is 19.7. The smallest absolute Gasteiger partial charge is 0.748 e. The molecule has 0 bridgehead atoms. The zero-order valence-electron chi connectivity index (χ0n) is 18.3. The fourth-order valence-corrected chi connectivity index (χ4v) is 4.36. The first kappa shape index (κ1) is 30.1. The maximum Gasteiger partial charge on any atom is 1.00 e. The largest absolute Gasteiger partial charge is 1.00 e. The Morgan fingerprint density at radius 1 is 0.667 bits per heavy atom. The normalized spacial score (nSPS) is 13.9. The van der Waals surface area contributed by atoms with Crippen LogP contribution >= 0.6 is 0 Å². The number of aliphatic hydroxyl groups is 1. The summed E-state index contributed by atoms with van der Waals surface area (Å²) in [5.41, 5.74) is 0. The van der Waals surface area contributed by atoms with Crippen LogP contribution in [-0.4, -0.2) is 29.4 Å². The first-order valence-corrected chi connectivity index (χ1v) is 12.5. The zero-order valence-corrected chi connectivity index (χ0v) is 21.1. The van der Waals surface area contributed by atoms with Gasteiger partial charge in [0.15, 0.2) is 0 Å². The Morgan fingerprint density at radius 3 is 1.52 bits per heavy atom. The predicted octanol–water partition coefficient (Wildman–Crippen LogP) is 2.94. The van der Waals surface area contributed by atoms with E-state index in [2.05, 4.69) is 13.8 Å². The van der Waals surface area contributed by atoms with Gasteiger partial charge >= 0.3 is 29.6 Å². The average molecular weight is 415 g/mol. The Bertz CT molecular complexity index is 401. The first-order chi connectivity index (χ1) is 12.4. The molecule has 1 N–H and O–H groups in total. The van der Waals surface area contributed by atoms with E-state index in [0.717, 1.165) is 44.9 Å². The van der Waals surface area contributed by atoms with E-state index in [1.54, 1.807) is 0 Å². The van der Waals surface area contributed by atoms with Crippen molar-refractivity contribution in [3.63, 3.8) is 0 Å². The molecule has 0 aromatic heterocycles. The van der Waals surface area contributed by atoms with Gasteiger partial charge in [-0.2, -0.15) is 0 Å². The fourth-order valence-electron chi connectivity index (χ4n) is 3.45. The molecule has 0 saturated carbocycles. The van der Waals surface area contributed by atoms with Crippen LogP contribution in [0.3, 0.4) is 0 Å². The minimum absolute atomic E-state index is 0. The van der Waals surface area contributed by atoms with Gasteiger partial charge in [0.25, 0.3) is 0 Å². The van der Waals surface area contributed by atoms with Gasteiger partial charge in [-0.15, -0.1) is 0 Å². The van der Waals surface area contributed by atoms with E-state index in [9.17, 15) is 18.1 Å². The van der Waals surface area contributed by atoms with Crippen LogP contribution in [0.2, 0.25) is 0 Å². The second-order valence-electron chi connectivity index (χ2n) is 7.81. The molecule has 0 aliphatic rings. The second-order valence-corrected chi connectivity index (χ2v) is 9.46. The van der Waals surface area contributed by atoms with Crippen molar-refractivity contribution in [3.05, 3.63) is 0 Å². The van der Waals surface area contributed by atoms with Crippen LogP contribution in [0.25, 0.3) is 0 Å². The Balaban J connectivity index is 0. The summed E-state index contributed by atoms with van der Waals surface area (Å²) in [6.45, 7) is 4.32. The summed E-state index contributed by atoms with van der Waals surface area (Å²) in [5, 5.41) is 9.08. The summed E-state index contributed by atoms with van der Waals surface area (Å²) in [6, 6.07) is 0. The number of aliphatic hydroxyl groups excluding tert-OH is 1. The molecule has 0 aromatic carbocycles. The van der Waals surface area contributed by atoms with Gasteiger partial charge in [0, 0.05) is 5.25 Å². The molecule has 0 saturated heterocycles. The van der Waals surface area contributed by atoms with E-state index in [0.29, 0.717) is 25.7 Å². The van der Waals surface area contributed by atoms with Crippen molar-refractivity contribution in [2.45, 2.75) is 134 Å². The van der Waals surface area contributed by atoms with Gasteiger partial charge in [0.2, 0.25) is 0 Å². The van der Waals surface area contributed by atoms with Crippen LogP contribution in [0.15, 0.2) is 0 Å². The van der Waals surface area contributed by atoms with Crippen LogP contribution in [0.5, 0.6) is 0 Å². The average Bonchev–Trinajstić information content (AvgIpc) is 2.59. The van der Waals surface area contributed by atoms with Gasteiger partial charge in [0.1, 0.15) is 0 Å². The topological polar surface area (TPSA) is 77.4 Å². The van der Waals surface area contributed by atoms with Crippen LogP contribution in [0.1, 0.15) is 123 Å². The van der Waals surface area contributed by atoms with Crippen LogP contribution in [-0.2, 0) is 10.1 Å². The van der Waals surface area contributed by atoms with Crippen molar-refractivity contribution in [2.75, 3.05) is 0 Å². The van der Waals surface area contributed by atoms with E-state index < -0.39 is 15.4 Å². The van der Waals surface area contributed by atoms with Gasteiger partial charge in [-0.05, 0) is 25.7 Å². The van der Waals surface area contributed by atoms with E-state index in [4.69, 9.17) is 0 Å². The van der Waals surface area contributed by atoms with Crippen molar-refractivity contribution in [1.29, 1.82) is 0 Å². The van der Waals surface area contributed by atoms with Crippen molar-refractivity contribution in [1.82, 2.24) is 0 Å². The van der Waals surface area contributed by atoms with Gasteiger partial charge in [-0.3, -0.25) is 0 Å². The van der Waals surface area contributed by atoms with Crippen molar-refractivity contribution >= 4 is 10.1 Å². The number of hydrogen-bond acceptors (Lipinski definition) is 4. The molecule has 0 heterocycles. The summed E-state index contributed by atoms with van der Waals surface area (Å²) in [5.74, 6) is 0. The Kier molecular flexibility index (Phi) is 22.4. The second kappa shape index (κ2) is 20.2. The van der Waals surface area contributed by atoms with E-state index in [-0.39, 0.29) is 35.7 Å². The van der Waals surface area contributed by atoms with E-state index in [1.165, 1.54) is 38.5 Å². The van der Waals surface area contributed by atoms with Gasteiger partial charge < -0.3 is 9.66 Å². The standard InChI is InChI=1S/C21H44O4S.Na/c1-3-5-7-8-9-10-11-12-13-18-21(26(23,24)25)19-15-14-17-20(22)16-6-4-2;/h20-22H,3-19H2,1-2H3,(H,23,24,25);/q;+1/p-1. The molecule has 0 radical (unpaired) electrons. The number of unbranched alkanes of at least 4 members (excludes halogenated alkanes) is 10. The maximum atomic E-state index is 11.5. The summed E-state index contributed by atoms with van der Waals surface area (Å²) < 4.78 is 34.4. The van der Waals surface area contributed by atoms with E-state index >= 15 is 0 Å². The summed E-state index contributed by atoms with van der Waals surface area (Å²) in [7, 11) is -4.20. The molecule has 2 atom stereocenters. The van der Waals surface area contributed by atoms with Gasteiger partial charge in [0.05, 0.1) is 16.2 Å². The van der Waals surface area contributed by atoms with Gasteiger partial charge in [-0.25, -0.2) is 8.42 Å². The van der Waals surface area contributed by atoms with Crippen molar-refractivity contribution in [2.24, 2.45) is 0 Å². The minimum atomic E-state index is -4.20. The van der Waals surface area contributed by atoms with Crippen LogP contribution < -0.4 is 29.6 Å². The molecule has 27 heavy (non-hydrogen) atoms. The minimum Gasteiger partial charge on any atom is -0.748 e. The molecular weight excluding hydrogens is 371 g/mol. The number of hydrogen-bond donors (Lipinski definition) is 1. The molecule has 0 aromatic rings. The molecule has 2 unspecified atom stereocenters. The van der Waals surface area contributed by atoms with Crippen LogP contribution in [0, 0.1) is 0 Å². The quantitative estimate of drug-likeness (QED) is 0.200. The summed E-state index contributed by atoms with van der Waals surface area (Å²) in [6.07, 6.45) is 16.5. The van der Waals surface area contributed by atoms with Crippen molar-refractivity contribution in [3.8, 4) is 0 Å². The molecule has 0 spiro atoms. The fraction of sp³-hybridized carbons (Fsp3) is 1.00. The molecule has 6 heteroatoms. The van der Waals surface area contributed by atoms with Gasteiger partial charge in [-0.1, -0.05) is 97.3 Å². The predicted molar refractivity (Wildman–Crippen MR) is 109 cm³/mol. The van der Waals surface area contributed by atoms with Crippen LogP contribution in [0.4, 0.5) is 0 Å². The Morgan fingerprint density at radius 2 is 1.04 bits per heavy atom. The monoisotopic (exact) mass is 414 g/mol. The Hall–Kier alpha value is 0.870. The third-order valence-corrected chi connectivity index (χ3v) is 6.53. The molecule has 4 nitrogen and oxygen atoms in total. The summed E-state index contributed by atoms with van der Waals surface area (Å²) in [4.78, 5) is 0. The number of rotatable bonds is 19. The summed E-state index contributed by atoms with van der Waals surface area (Å²) >= 11 is 0. The SMILES string of the molecule is CCCCCCCCCCCC(CCCCC(O)CCCC)S(=O)(=O)[O-].[Na+]. The molecule has 0 rings (SSSR count). The third kappa shape index (κ3) is 19.9.